The normalized spacial score (nSPS) is 10.3. The Morgan fingerprint density at radius 3 is 2.72 bits per heavy atom. The molecule has 0 atom stereocenters. The van der Waals surface area contributed by atoms with E-state index in [1.165, 1.54) is 18.4 Å². The lowest BCUT2D eigenvalue weighted by Crippen LogP contribution is -2.49. The molecule has 130 valence electrons. The standard InChI is InChI=1S/C17H17N3O4S/c1-12-5-2-3-7-14(12)24-11-16(22)19-20-17(25)18-15(21)9-8-13-6-4-10-23-13/h2-10H,11H2,1H3,(H,19,22)(H2,18,20,21,25)/b9-8+. The van der Waals surface area contributed by atoms with Gasteiger partial charge in [0.1, 0.15) is 11.5 Å². The van der Waals surface area contributed by atoms with Crippen molar-refractivity contribution in [1.82, 2.24) is 16.2 Å². The number of thiocarbonyl (C=S) groups is 1. The van der Waals surface area contributed by atoms with Gasteiger partial charge in [0.05, 0.1) is 6.26 Å². The van der Waals surface area contributed by atoms with Crippen LogP contribution in [-0.2, 0) is 9.59 Å². The van der Waals surface area contributed by atoms with Crippen molar-refractivity contribution in [1.29, 1.82) is 0 Å². The van der Waals surface area contributed by atoms with E-state index < -0.39 is 11.8 Å². The summed E-state index contributed by atoms with van der Waals surface area (Å²) in [4.78, 5) is 23.3. The fraction of sp³-hybridized carbons (Fsp3) is 0.118. The predicted molar refractivity (Wildman–Crippen MR) is 96.4 cm³/mol. The number of carbonyl (C=O) groups excluding carboxylic acids is 2. The third-order valence-electron chi connectivity index (χ3n) is 2.95. The first-order valence-electron chi connectivity index (χ1n) is 7.34. The molecule has 2 rings (SSSR count). The Labute approximate surface area is 150 Å². The highest BCUT2D eigenvalue weighted by Crippen LogP contribution is 2.15. The van der Waals surface area contributed by atoms with Gasteiger partial charge < -0.3 is 9.15 Å². The van der Waals surface area contributed by atoms with Crippen molar-refractivity contribution >= 4 is 35.2 Å². The topological polar surface area (TPSA) is 92.6 Å². The molecule has 0 saturated heterocycles. The third-order valence-corrected chi connectivity index (χ3v) is 3.15. The maximum Gasteiger partial charge on any atom is 0.276 e. The molecule has 3 N–H and O–H groups in total. The summed E-state index contributed by atoms with van der Waals surface area (Å²) in [6.07, 6.45) is 4.25. The molecule has 0 unspecified atom stereocenters. The average Bonchev–Trinajstić information content (AvgIpc) is 3.11. The number of hydrogen-bond donors (Lipinski definition) is 3. The van der Waals surface area contributed by atoms with Crippen molar-refractivity contribution < 1.29 is 18.7 Å². The number of ether oxygens (including phenoxy) is 1. The summed E-state index contributed by atoms with van der Waals surface area (Å²) in [5.41, 5.74) is 5.68. The summed E-state index contributed by atoms with van der Waals surface area (Å²) >= 11 is 4.91. The van der Waals surface area contributed by atoms with Gasteiger partial charge in [0.2, 0.25) is 5.91 Å². The van der Waals surface area contributed by atoms with Crippen molar-refractivity contribution in [2.75, 3.05) is 6.61 Å². The molecule has 0 aliphatic rings. The van der Waals surface area contributed by atoms with Crippen molar-refractivity contribution in [3.63, 3.8) is 0 Å². The lowest BCUT2D eigenvalue weighted by Gasteiger charge is -2.11. The molecule has 25 heavy (non-hydrogen) atoms. The molecule has 2 amide bonds. The molecule has 1 aromatic carbocycles. The van der Waals surface area contributed by atoms with Crippen LogP contribution in [-0.4, -0.2) is 23.5 Å². The smallest absolute Gasteiger partial charge is 0.276 e. The Hall–Kier alpha value is -3.13. The van der Waals surface area contributed by atoms with Crippen LogP contribution in [0, 0.1) is 6.92 Å². The molecule has 7 nitrogen and oxygen atoms in total. The Balaban J connectivity index is 1.68. The quantitative estimate of drug-likeness (QED) is 0.428. The Kier molecular flexibility index (Phi) is 6.73. The van der Waals surface area contributed by atoms with Crippen LogP contribution in [0.3, 0.4) is 0 Å². The first-order valence-corrected chi connectivity index (χ1v) is 7.75. The van der Waals surface area contributed by atoms with Crippen LogP contribution in [0.5, 0.6) is 5.75 Å². The summed E-state index contributed by atoms with van der Waals surface area (Å²) in [6, 6.07) is 10.8. The number of rotatable bonds is 5. The van der Waals surface area contributed by atoms with Crippen LogP contribution < -0.4 is 20.9 Å². The summed E-state index contributed by atoms with van der Waals surface area (Å²) < 4.78 is 10.4. The number of hydrazine groups is 1. The minimum atomic E-state index is -0.459. The summed E-state index contributed by atoms with van der Waals surface area (Å²) in [7, 11) is 0. The van der Waals surface area contributed by atoms with Crippen LogP contribution in [0.2, 0.25) is 0 Å². The van der Waals surface area contributed by atoms with E-state index >= 15 is 0 Å². The highest BCUT2D eigenvalue weighted by Gasteiger charge is 2.06. The molecule has 8 heteroatoms. The van der Waals surface area contributed by atoms with E-state index in [0.717, 1.165) is 5.56 Å². The van der Waals surface area contributed by atoms with Crippen LogP contribution in [0.4, 0.5) is 0 Å². The van der Waals surface area contributed by atoms with Gasteiger partial charge in [-0.15, -0.1) is 0 Å². The van der Waals surface area contributed by atoms with Gasteiger partial charge in [-0.1, -0.05) is 18.2 Å². The van der Waals surface area contributed by atoms with Gasteiger partial charge >= 0.3 is 0 Å². The number of para-hydroxylation sites is 1. The number of carbonyl (C=O) groups is 2. The van der Waals surface area contributed by atoms with Crippen LogP contribution >= 0.6 is 12.2 Å². The second-order valence-corrected chi connectivity index (χ2v) is 5.30. The van der Waals surface area contributed by atoms with Crippen molar-refractivity contribution in [2.45, 2.75) is 6.92 Å². The highest BCUT2D eigenvalue weighted by molar-refractivity contribution is 7.80. The van der Waals surface area contributed by atoms with Gasteiger partial charge in [-0.2, -0.15) is 0 Å². The van der Waals surface area contributed by atoms with Crippen LogP contribution in [0.15, 0.2) is 53.2 Å². The molecule has 0 radical (unpaired) electrons. The SMILES string of the molecule is Cc1ccccc1OCC(=O)NNC(=S)NC(=O)/C=C/c1ccco1. The van der Waals surface area contributed by atoms with Crippen LogP contribution in [0.25, 0.3) is 6.08 Å². The van der Waals surface area contributed by atoms with Gasteiger partial charge in [0.15, 0.2) is 11.7 Å². The van der Waals surface area contributed by atoms with E-state index in [2.05, 4.69) is 16.2 Å². The zero-order valence-electron chi connectivity index (χ0n) is 13.4. The zero-order chi connectivity index (χ0) is 18.1. The fourth-order valence-corrected chi connectivity index (χ4v) is 1.90. The summed E-state index contributed by atoms with van der Waals surface area (Å²) in [6.45, 7) is 1.69. The van der Waals surface area contributed by atoms with Gasteiger partial charge in [-0.05, 0) is 49.0 Å². The van der Waals surface area contributed by atoms with Gasteiger partial charge in [0.25, 0.3) is 5.91 Å². The number of aryl methyl sites for hydroxylation is 1. The molecule has 0 aliphatic heterocycles. The van der Waals surface area contributed by atoms with Crippen molar-refractivity contribution in [3.05, 3.63) is 60.1 Å². The van der Waals surface area contributed by atoms with Crippen molar-refractivity contribution in [3.8, 4) is 5.75 Å². The van der Waals surface area contributed by atoms with E-state index in [-0.39, 0.29) is 11.7 Å². The molecule has 0 saturated carbocycles. The first-order chi connectivity index (χ1) is 12.0. The maximum absolute atomic E-state index is 11.7. The molecule has 0 spiro atoms. The van der Waals surface area contributed by atoms with Crippen LogP contribution in [0.1, 0.15) is 11.3 Å². The maximum atomic E-state index is 11.7. The Morgan fingerprint density at radius 2 is 2.00 bits per heavy atom. The minimum absolute atomic E-state index is 0.0432. The zero-order valence-corrected chi connectivity index (χ0v) is 14.3. The first kappa shape index (κ1) is 18.2. The van der Waals surface area contributed by atoms with E-state index in [4.69, 9.17) is 21.4 Å². The van der Waals surface area contributed by atoms with Gasteiger partial charge in [0, 0.05) is 6.08 Å². The van der Waals surface area contributed by atoms with E-state index in [1.807, 2.05) is 25.1 Å². The lowest BCUT2D eigenvalue weighted by molar-refractivity contribution is -0.123. The molecular formula is C17H17N3O4S. The number of hydrogen-bond acceptors (Lipinski definition) is 5. The number of benzene rings is 1. The number of furan rings is 1. The Bertz CT molecular complexity index is 772. The largest absolute Gasteiger partial charge is 0.483 e. The molecular weight excluding hydrogens is 342 g/mol. The predicted octanol–water partition coefficient (Wildman–Crippen LogP) is 1.70. The van der Waals surface area contributed by atoms with Crippen molar-refractivity contribution in [2.24, 2.45) is 0 Å². The molecule has 0 fully saturated rings. The second kappa shape index (κ2) is 9.24. The van der Waals surface area contributed by atoms with E-state index in [1.54, 1.807) is 18.2 Å². The molecule has 2 aromatic rings. The number of nitrogens with one attached hydrogen (secondary N) is 3. The monoisotopic (exact) mass is 359 g/mol. The Morgan fingerprint density at radius 1 is 1.20 bits per heavy atom. The van der Waals surface area contributed by atoms with Gasteiger partial charge in [-0.3, -0.25) is 25.8 Å². The number of amides is 2. The average molecular weight is 359 g/mol. The molecule has 0 bridgehead atoms. The lowest BCUT2D eigenvalue weighted by atomic mass is 10.2. The van der Waals surface area contributed by atoms with Gasteiger partial charge in [-0.25, -0.2) is 0 Å². The minimum Gasteiger partial charge on any atom is -0.483 e. The summed E-state index contributed by atoms with van der Waals surface area (Å²) in [5, 5.41) is 2.33. The second-order valence-electron chi connectivity index (χ2n) is 4.89. The third kappa shape index (κ3) is 6.48. The van der Waals surface area contributed by atoms with E-state index in [9.17, 15) is 9.59 Å². The molecule has 1 heterocycles. The fourth-order valence-electron chi connectivity index (χ4n) is 1.75. The highest BCUT2D eigenvalue weighted by atomic mass is 32.1. The molecule has 0 aliphatic carbocycles. The van der Waals surface area contributed by atoms with E-state index in [0.29, 0.717) is 11.5 Å². The summed E-state index contributed by atoms with van der Waals surface area (Å²) in [5.74, 6) is 0.262. The molecule has 1 aromatic heterocycles.